The second-order valence-electron chi connectivity index (χ2n) is 14.6. The van der Waals surface area contributed by atoms with Crippen molar-refractivity contribution < 1.29 is 26.3 Å². The molecule has 0 N–H and O–H groups in total. The van der Waals surface area contributed by atoms with E-state index in [0.717, 1.165) is 24.3 Å². The van der Waals surface area contributed by atoms with E-state index in [4.69, 9.17) is 29.9 Å². The SMILES string of the molecule is FC(F)(F)c1ccc2c(c1)c1cc(C(F)(F)F)ccc1n2-c1c(-c2nc(-c3ccccc3)nc(-c3ccccc3)n2)cccc1-c1nc(-c2ccccc2)nc(-c2ccccc2)n1. The lowest BCUT2D eigenvalue weighted by atomic mass is 10.0. The van der Waals surface area contributed by atoms with Gasteiger partial charge in [0.25, 0.3) is 0 Å². The molecule has 0 bridgehead atoms. The first-order valence-corrected chi connectivity index (χ1v) is 19.6. The minimum absolute atomic E-state index is 0.0529. The molecule has 0 atom stereocenters. The molecular weight excluding hydrogens is 813 g/mol. The number of alkyl halides is 6. The zero-order chi connectivity index (χ0) is 43.3. The summed E-state index contributed by atoms with van der Waals surface area (Å²) in [5.74, 6) is 1.69. The summed E-state index contributed by atoms with van der Waals surface area (Å²) in [6.45, 7) is 0. The van der Waals surface area contributed by atoms with E-state index in [1.807, 2.05) is 121 Å². The maximum absolute atomic E-state index is 14.4. The fourth-order valence-electron chi connectivity index (χ4n) is 7.62. The van der Waals surface area contributed by atoms with Crippen LogP contribution >= 0.6 is 0 Å². The first-order valence-electron chi connectivity index (χ1n) is 19.6. The zero-order valence-corrected chi connectivity index (χ0v) is 32.6. The lowest BCUT2D eigenvalue weighted by Gasteiger charge is -2.19. The molecule has 0 aliphatic rings. The van der Waals surface area contributed by atoms with Gasteiger partial charge in [0.05, 0.1) is 27.8 Å². The number of fused-ring (bicyclic) bond motifs is 3. The van der Waals surface area contributed by atoms with Crippen molar-refractivity contribution in [3.63, 3.8) is 0 Å². The second kappa shape index (κ2) is 15.4. The topological polar surface area (TPSA) is 82.3 Å². The van der Waals surface area contributed by atoms with Gasteiger partial charge in [0.1, 0.15) is 0 Å². The van der Waals surface area contributed by atoms with E-state index in [1.54, 1.807) is 22.8 Å². The van der Waals surface area contributed by atoms with Crippen LogP contribution in [0.15, 0.2) is 176 Å². The molecule has 7 aromatic carbocycles. The molecule has 3 aromatic heterocycles. The third-order valence-electron chi connectivity index (χ3n) is 10.6. The lowest BCUT2D eigenvalue weighted by Crippen LogP contribution is -2.08. The minimum Gasteiger partial charge on any atom is -0.308 e. The van der Waals surface area contributed by atoms with Crippen molar-refractivity contribution >= 4 is 21.8 Å². The van der Waals surface area contributed by atoms with Gasteiger partial charge in [-0.05, 0) is 48.5 Å². The number of halogens is 6. The van der Waals surface area contributed by atoms with E-state index in [2.05, 4.69) is 0 Å². The van der Waals surface area contributed by atoms with E-state index >= 15 is 0 Å². The summed E-state index contributed by atoms with van der Waals surface area (Å²) in [6.07, 6.45) is -9.57. The average Bonchev–Trinajstić information content (AvgIpc) is 3.64. The van der Waals surface area contributed by atoms with Crippen molar-refractivity contribution in [2.24, 2.45) is 0 Å². The highest BCUT2D eigenvalue weighted by Crippen LogP contribution is 2.44. The van der Waals surface area contributed by atoms with Crippen molar-refractivity contribution in [1.29, 1.82) is 0 Å². The van der Waals surface area contributed by atoms with Crippen LogP contribution in [0.5, 0.6) is 0 Å². The quantitative estimate of drug-likeness (QED) is 0.149. The molecule has 306 valence electrons. The Morgan fingerprint density at radius 2 is 0.619 bits per heavy atom. The van der Waals surface area contributed by atoms with Crippen molar-refractivity contribution in [3.05, 3.63) is 187 Å². The van der Waals surface area contributed by atoms with Crippen LogP contribution in [0.3, 0.4) is 0 Å². The highest BCUT2D eigenvalue weighted by molar-refractivity contribution is 6.11. The Labute approximate surface area is 355 Å². The standard InChI is InChI=1S/C50H29F6N7/c51-49(52,53)34-24-26-40-38(28-34)39-29-35(50(54,55)56)25-27-41(39)63(40)42-36(47-59-43(30-14-5-1-6-15-30)57-44(60-47)31-16-7-2-8-17-31)22-13-23-37(42)48-61-45(32-18-9-3-10-19-32)58-46(62-48)33-20-11-4-12-21-33/h1-29H. The summed E-state index contributed by atoms with van der Waals surface area (Å²) in [4.78, 5) is 29.7. The van der Waals surface area contributed by atoms with Gasteiger partial charge < -0.3 is 4.57 Å². The van der Waals surface area contributed by atoms with Crippen LogP contribution < -0.4 is 0 Å². The van der Waals surface area contributed by atoms with Crippen LogP contribution in [0.1, 0.15) is 11.1 Å². The Balaban J connectivity index is 1.35. The largest absolute Gasteiger partial charge is 0.416 e. The number of hydrogen-bond donors (Lipinski definition) is 0. The van der Waals surface area contributed by atoms with Gasteiger partial charge in [-0.15, -0.1) is 0 Å². The average molecular weight is 842 g/mol. The maximum atomic E-state index is 14.4. The normalized spacial score (nSPS) is 12.0. The molecule has 0 radical (unpaired) electrons. The van der Waals surface area contributed by atoms with Crippen LogP contribution in [-0.2, 0) is 12.4 Å². The van der Waals surface area contributed by atoms with Crippen LogP contribution in [0, 0.1) is 0 Å². The summed E-state index contributed by atoms with van der Waals surface area (Å²) in [6, 6.07) is 48.5. The Hall–Kier alpha value is -8.06. The molecule has 0 aliphatic heterocycles. The maximum Gasteiger partial charge on any atom is 0.416 e. The monoisotopic (exact) mass is 841 g/mol. The van der Waals surface area contributed by atoms with Crippen LogP contribution in [0.25, 0.3) is 95.8 Å². The molecule has 0 amide bonds. The van der Waals surface area contributed by atoms with Gasteiger partial charge in [-0.25, -0.2) is 29.9 Å². The fourth-order valence-corrected chi connectivity index (χ4v) is 7.62. The lowest BCUT2D eigenvalue weighted by molar-refractivity contribution is -0.138. The Kier molecular flexibility index (Phi) is 9.58. The minimum atomic E-state index is -4.79. The summed E-state index contributed by atoms with van der Waals surface area (Å²) >= 11 is 0. The van der Waals surface area contributed by atoms with Gasteiger partial charge in [0.15, 0.2) is 34.9 Å². The number of nitrogens with zero attached hydrogens (tertiary/aromatic N) is 7. The molecule has 0 unspecified atom stereocenters. The number of para-hydroxylation sites is 1. The Morgan fingerprint density at radius 1 is 0.317 bits per heavy atom. The van der Waals surface area contributed by atoms with Gasteiger partial charge in [0.2, 0.25) is 0 Å². The van der Waals surface area contributed by atoms with Gasteiger partial charge >= 0.3 is 12.4 Å². The molecule has 10 aromatic rings. The van der Waals surface area contributed by atoms with E-state index < -0.39 is 23.5 Å². The predicted molar refractivity (Wildman–Crippen MR) is 230 cm³/mol. The molecule has 0 saturated carbocycles. The fraction of sp³-hybridized carbons (Fsp3) is 0.0400. The molecule has 10 rings (SSSR count). The Morgan fingerprint density at radius 3 is 0.921 bits per heavy atom. The van der Waals surface area contributed by atoms with E-state index in [1.165, 1.54) is 12.1 Å². The third-order valence-corrected chi connectivity index (χ3v) is 10.6. The number of aromatic nitrogens is 7. The van der Waals surface area contributed by atoms with E-state index in [0.29, 0.717) is 62.4 Å². The van der Waals surface area contributed by atoms with Crippen LogP contribution in [-0.4, -0.2) is 34.5 Å². The summed E-state index contributed by atoms with van der Waals surface area (Å²) < 4.78 is 87.8. The smallest absolute Gasteiger partial charge is 0.308 e. The molecule has 63 heavy (non-hydrogen) atoms. The highest BCUT2D eigenvalue weighted by Gasteiger charge is 2.34. The molecule has 0 spiro atoms. The zero-order valence-electron chi connectivity index (χ0n) is 32.6. The van der Waals surface area contributed by atoms with Crippen LogP contribution in [0.4, 0.5) is 26.3 Å². The van der Waals surface area contributed by atoms with E-state index in [-0.39, 0.29) is 33.5 Å². The summed E-state index contributed by atoms with van der Waals surface area (Å²) in [5, 5.41) is -0.106. The summed E-state index contributed by atoms with van der Waals surface area (Å²) in [5.41, 5.74) is 2.11. The molecule has 0 aliphatic carbocycles. The number of hydrogen-bond acceptors (Lipinski definition) is 6. The van der Waals surface area contributed by atoms with Gasteiger partial charge in [-0.3, -0.25) is 0 Å². The second-order valence-corrected chi connectivity index (χ2v) is 14.6. The molecule has 13 heteroatoms. The predicted octanol–water partition coefficient (Wildman–Crippen LogP) is 13.2. The van der Waals surface area contributed by atoms with Crippen LogP contribution in [0.2, 0.25) is 0 Å². The summed E-state index contributed by atoms with van der Waals surface area (Å²) in [7, 11) is 0. The third kappa shape index (κ3) is 7.43. The number of rotatable bonds is 7. The highest BCUT2D eigenvalue weighted by atomic mass is 19.4. The van der Waals surface area contributed by atoms with Crippen molar-refractivity contribution in [1.82, 2.24) is 34.5 Å². The van der Waals surface area contributed by atoms with Gasteiger partial charge in [0, 0.05) is 44.2 Å². The van der Waals surface area contributed by atoms with Crippen molar-refractivity contribution in [2.75, 3.05) is 0 Å². The van der Waals surface area contributed by atoms with Gasteiger partial charge in [-0.2, -0.15) is 26.3 Å². The molecule has 0 saturated heterocycles. The van der Waals surface area contributed by atoms with Crippen molar-refractivity contribution in [3.8, 4) is 74.0 Å². The van der Waals surface area contributed by atoms with E-state index in [9.17, 15) is 26.3 Å². The Bertz CT molecular complexity index is 2970. The molecule has 3 heterocycles. The van der Waals surface area contributed by atoms with Gasteiger partial charge in [-0.1, -0.05) is 127 Å². The number of benzene rings is 7. The van der Waals surface area contributed by atoms with Crippen molar-refractivity contribution in [2.45, 2.75) is 12.4 Å². The first kappa shape index (κ1) is 39.1. The molecular formula is C50H29F6N7. The molecule has 0 fully saturated rings. The first-order chi connectivity index (χ1) is 30.5. The molecule has 7 nitrogen and oxygen atoms in total.